The Morgan fingerprint density at radius 2 is 1.79 bits per heavy atom. The fourth-order valence-corrected chi connectivity index (χ4v) is 4.21. The lowest BCUT2D eigenvalue weighted by atomic mass is 10.1. The van der Waals surface area contributed by atoms with Gasteiger partial charge in [0.15, 0.2) is 0 Å². The Hall–Kier alpha value is -2.31. The molecule has 118 valence electrons. The largest absolute Gasteiger partial charge is 0.333 e. The summed E-state index contributed by atoms with van der Waals surface area (Å²) in [5.74, 6) is 1.89. The highest BCUT2D eigenvalue weighted by Gasteiger charge is 2.26. The van der Waals surface area contributed by atoms with Crippen LogP contribution in [0.5, 0.6) is 0 Å². The quantitative estimate of drug-likeness (QED) is 0.489. The molecule has 0 atom stereocenters. The van der Waals surface area contributed by atoms with E-state index in [9.17, 15) is 0 Å². The van der Waals surface area contributed by atoms with Crippen LogP contribution in [-0.4, -0.2) is 15.1 Å². The highest BCUT2D eigenvalue weighted by Crippen LogP contribution is 2.42. The van der Waals surface area contributed by atoms with Crippen molar-refractivity contribution >= 4 is 22.7 Å². The maximum atomic E-state index is 5.35. The monoisotopic (exact) mass is 351 g/mol. The molecule has 6 heteroatoms. The Morgan fingerprint density at radius 3 is 2.54 bits per heavy atom. The van der Waals surface area contributed by atoms with Crippen LogP contribution in [0.1, 0.15) is 23.8 Å². The van der Waals surface area contributed by atoms with Crippen molar-refractivity contribution in [2.75, 3.05) is 0 Å². The Kier molecular flexibility index (Phi) is 3.31. The molecule has 4 nitrogen and oxygen atoms in total. The third-order valence-corrected chi connectivity index (χ3v) is 5.91. The van der Waals surface area contributed by atoms with Crippen LogP contribution in [0, 0.1) is 0 Å². The number of rotatable bonds is 4. The molecular formula is C18H13N3OS2. The second-order valence-corrected chi connectivity index (χ2v) is 7.66. The summed E-state index contributed by atoms with van der Waals surface area (Å²) in [6.07, 6.45) is 2.58. The van der Waals surface area contributed by atoms with Crippen LogP contribution < -0.4 is 0 Å². The van der Waals surface area contributed by atoms with Gasteiger partial charge in [-0.2, -0.15) is 4.98 Å². The van der Waals surface area contributed by atoms with E-state index in [2.05, 4.69) is 27.7 Å². The van der Waals surface area contributed by atoms with E-state index in [1.807, 2.05) is 29.6 Å². The first-order valence-corrected chi connectivity index (χ1v) is 9.56. The van der Waals surface area contributed by atoms with Gasteiger partial charge in [-0.25, -0.2) is 4.98 Å². The van der Waals surface area contributed by atoms with Gasteiger partial charge in [0.05, 0.1) is 15.6 Å². The van der Waals surface area contributed by atoms with Gasteiger partial charge in [0, 0.05) is 22.4 Å². The van der Waals surface area contributed by atoms with Gasteiger partial charge in [-0.3, -0.25) is 0 Å². The first kappa shape index (κ1) is 14.1. The number of hydrogen-bond acceptors (Lipinski definition) is 6. The molecule has 0 bridgehead atoms. The molecule has 1 aromatic carbocycles. The third kappa shape index (κ3) is 2.57. The Balaban J connectivity index is 1.41. The number of thiophene rings is 1. The van der Waals surface area contributed by atoms with Gasteiger partial charge in [-0.15, -0.1) is 22.7 Å². The van der Waals surface area contributed by atoms with Crippen molar-refractivity contribution in [2.24, 2.45) is 0 Å². The minimum absolute atomic E-state index is 0.567. The summed E-state index contributed by atoms with van der Waals surface area (Å²) >= 11 is 3.36. The molecule has 3 heterocycles. The van der Waals surface area contributed by atoms with E-state index in [4.69, 9.17) is 9.51 Å². The smallest absolute Gasteiger partial charge is 0.268 e. The molecule has 0 N–H and O–H groups in total. The van der Waals surface area contributed by atoms with Crippen LogP contribution in [0.4, 0.5) is 0 Å². The average molecular weight is 351 g/mol. The molecule has 1 fully saturated rings. The van der Waals surface area contributed by atoms with Crippen molar-refractivity contribution in [1.82, 2.24) is 15.1 Å². The van der Waals surface area contributed by atoms with Gasteiger partial charge in [-0.1, -0.05) is 35.5 Å². The Morgan fingerprint density at radius 1 is 0.958 bits per heavy atom. The summed E-state index contributed by atoms with van der Waals surface area (Å²) in [7, 11) is 0. The minimum Gasteiger partial charge on any atom is -0.333 e. The molecule has 0 saturated heterocycles. The standard InChI is InChI=1S/C18H13N3OS2/c1-2-15(23-9-1)17-20-16(21-22-17)12-5-3-11(4-6-12)14-10-24-18(19-14)13-7-8-13/h1-6,9-10,13H,7-8H2. The van der Waals surface area contributed by atoms with Crippen LogP contribution in [0.25, 0.3) is 33.4 Å². The highest BCUT2D eigenvalue weighted by molar-refractivity contribution is 7.13. The van der Waals surface area contributed by atoms with Crippen LogP contribution in [0.3, 0.4) is 0 Å². The lowest BCUT2D eigenvalue weighted by molar-refractivity contribution is 0.433. The highest BCUT2D eigenvalue weighted by atomic mass is 32.1. The predicted molar refractivity (Wildman–Crippen MR) is 96.1 cm³/mol. The molecule has 1 saturated carbocycles. The first-order valence-electron chi connectivity index (χ1n) is 7.80. The summed E-state index contributed by atoms with van der Waals surface area (Å²) in [5, 5.41) is 9.50. The van der Waals surface area contributed by atoms with E-state index < -0.39 is 0 Å². The molecule has 3 aromatic heterocycles. The van der Waals surface area contributed by atoms with Crippen molar-refractivity contribution in [3.05, 3.63) is 52.2 Å². The van der Waals surface area contributed by atoms with E-state index in [0.717, 1.165) is 21.7 Å². The van der Waals surface area contributed by atoms with Gasteiger partial charge in [0.1, 0.15) is 0 Å². The summed E-state index contributed by atoms with van der Waals surface area (Å²) in [4.78, 5) is 10.2. The zero-order valence-electron chi connectivity index (χ0n) is 12.7. The number of benzene rings is 1. The topological polar surface area (TPSA) is 51.8 Å². The van der Waals surface area contributed by atoms with Crippen molar-refractivity contribution in [2.45, 2.75) is 18.8 Å². The van der Waals surface area contributed by atoms with E-state index in [1.54, 1.807) is 22.7 Å². The molecule has 5 rings (SSSR count). The number of hydrogen-bond donors (Lipinski definition) is 0. The summed E-state index contributed by atoms with van der Waals surface area (Å²) in [5.41, 5.74) is 3.13. The van der Waals surface area contributed by atoms with E-state index in [0.29, 0.717) is 17.6 Å². The average Bonchev–Trinajstić information content (AvgIpc) is 3.07. The Labute approximate surface area is 146 Å². The van der Waals surface area contributed by atoms with Crippen LogP contribution in [-0.2, 0) is 0 Å². The minimum atomic E-state index is 0.567. The third-order valence-electron chi connectivity index (χ3n) is 4.05. The van der Waals surface area contributed by atoms with E-state index in [1.165, 1.54) is 17.8 Å². The zero-order valence-corrected chi connectivity index (χ0v) is 14.3. The van der Waals surface area contributed by atoms with Gasteiger partial charge in [0.2, 0.25) is 5.82 Å². The molecule has 0 aliphatic heterocycles. The SMILES string of the molecule is c1csc(-c2nc(-c3ccc(-c4csc(C5CC5)n4)cc3)no2)c1. The summed E-state index contributed by atoms with van der Waals surface area (Å²) in [6.45, 7) is 0. The van der Waals surface area contributed by atoms with Crippen molar-refractivity contribution < 1.29 is 4.52 Å². The van der Waals surface area contributed by atoms with Crippen LogP contribution in [0.2, 0.25) is 0 Å². The van der Waals surface area contributed by atoms with Crippen molar-refractivity contribution in [3.63, 3.8) is 0 Å². The van der Waals surface area contributed by atoms with Gasteiger partial charge in [-0.05, 0) is 24.3 Å². The zero-order chi connectivity index (χ0) is 15.9. The molecule has 0 amide bonds. The molecule has 1 aliphatic rings. The molecule has 0 radical (unpaired) electrons. The van der Waals surface area contributed by atoms with E-state index in [-0.39, 0.29) is 0 Å². The summed E-state index contributed by atoms with van der Waals surface area (Å²) in [6, 6.07) is 12.1. The molecule has 1 aliphatic carbocycles. The molecule has 0 unspecified atom stereocenters. The normalized spacial score (nSPS) is 14.2. The van der Waals surface area contributed by atoms with Crippen LogP contribution in [0.15, 0.2) is 51.7 Å². The fraction of sp³-hybridized carbons (Fsp3) is 0.167. The molecular weight excluding hydrogens is 338 g/mol. The van der Waals surface area contributed by atoms with E-state index >= 15 is 0 Å². The maximum Gasteiger partial charge on any atom is 0.268 e. The van der Waals surface area contributed by atoms with Gasteiger partial charge >= 0.3 is 0 Å². The Bertz CT molecular complexity index is 966. The number of nitrogens with zero attached hydrogens (tertiary/aromatic N) is 3. The molecule has 4 aromatic rings. The predicted octanol–water partition coefficient (Wildman–Crippen LogP) is 5.47. The van der Waals surface area contributed by atoms with Gasteiger partial charge < -0.3 is 4.52 Å². The van der Waals surface area contributed by atoms with Gasteiger partial charge in [0.25, 0.3) is 5.89 Å². The van der Waals surface area contributed by atoms with Crippen molar-refractivity contribution in [3.8, 4) is 33.4 Å². The lowest BCUT2D eigenvalue weighted by Crippen LogP contribution is -1.83. The lowest BCUT2D eigenvalue weighted by Gasteiger charge is -1.98. The summed E-state index contributed by atoms with van der Waals surface area (Å²) < 4.78 is 5.35. The van der Waals surface area contributed by atoms with Crippen molar-refractivity contribution in [1.29, 1.82) is 0 Å². The maximum absolute atomic E-state index is 5.35. The molecule has 0 spiro atoms. The number of aromatic nitrogens is 3. The second kappa shape index (κ2) is 5.65. The number of thiazole rings is 1. The second-order valence-electron chi connectivity index (χ2n) is 5.82. The fourth-order valence-electron chi connectivity index (χ4n) is 2.57. The first-order chi connectivity index (χ1) is 11.9. The molecule has 24 heavy (non-hydrogen) atoms. The van der Waals surface area contributed by atoms with Crippen LogP contribution >= 0.6 is 22.7 Å².